The molecule has 2 atom stereocenters. The van der Waals surface area contributed by atoms with Gasteiger partial charge in [0.2, 0.25) is 0 Å². The largest absolute Gasteiger partial charge is 0.479 e. The third kappa shape index (κ3) is 2.26. The molecule has 1 aliphatic rings. The predicted octanol–water partition coefficient (Wildman–Crippen LogP) is 1.87. The molecule has 2 rings (SSSR count). The van der Waals surface area contributed by atoms with E-state index in [9.17, 15) is 4.79 Å². The Balaban J connectivity index is 2.25. The van der Waals surface area contributed by atoms with Gasteiger partial charge in [-0.05, 0) is 36.5 Å². The van der Waals surface area contributed by atoms with Crippen molar-refractivity contribution >= 4 is 5.97 Å². The number of ether oxygens (including phenoxy) is 1. The average molecular weight is 235 g/mol. The number of rotatable bonds is 4. The fourth-order valence-electron chi connectivity index (χ4n) is 2.22. The zero-order chi connectivity index (χ0) is 12.4. The lowest BCUT2D eigenvalue weighted by Gasteiger charge is -2.16. The molecule has 1 aliphatic carbocycles. The first-order chi connectivity index (χ1) is 8.13. The second kappa shape index (κ2) is 4.75. The molecular formula is C13H17NO3. The van der Waals surface area contributed by atoms with Gasteiger partial charge in [-0.2, -0.15) is 0 Å². The second-order valence-corrected chi connectivity index (χ2v) is 4.32. The number of nitrogens with two attached hydrogens (primary N) is 1. The van der Waals surface area contributed by atoms with Crippen molar-refractivity contribution in [2.45, 2.75) is 38.3 Å². The van der Waals surface area contributed by atoms with Gasteiger partial charge in [0.1, 0.15) is 5.75 Å². The van der Waals surface area contributed by atoms with Crippen molar-refractivity contribution in [2.75, 3.05) is 0 Å². The Morgan fingerprint density at radius 2 is 2.41 bits per heavy atom. The maximum atomic E-state index is 10.9. The summed E-state index contributed by atoms with van der Waals surface area (Å²) in [5, 5.41) is 8.99. The van der Waals surface area contributed by atoms with E-state index < -0.39 is 12.1 Å². The quantitative estimate of drug-likeness (QED) is 0.835. The summed E-state index contributed by atoms with van der Waals surface area (Å²) in [5.74, 6) is -0.253. The summed E-state index contributed by atoms with van der Waals surface area (Å²) in [6.07, 6.45) is 1.44. The Bertz CT molecular complexity index is 431. The molecule has 0 aliphatic heterocycles. The summed E-state index contributed by atoms with van der Waals surface area (Å²) in [6, 6.07) is 5.73. The standard InChI is InChI=1S/C13H17NO3/c1-2-11(13(15)16)17-12-5-3-4-8-9(12)6-7-10(8)14/h3-5,10-11H,2,6-7,14H2,1H3,(H,15,16). The number of hydrogen-bond acceptors (Lipinski definition) is 3. The first kappa shape index (κ1) is 11.9. The average Bonchev–Trinajstić information content (AvgIpc) is 2.69. The molecule has 17 heavy (non-hydrogen) atoms. The fraction of sp³-hybridized carbons (Fsp3) is 0.462. The zero-order valence-electron chi connectivity index (χ0n) is 9.85. The van der Waals surface area contributed by atoms with Crippen LogP contribution in [0, 0.1) is 0 Å². The summed E-state index contributed by atoms with van der Waals surface area (Å²) in [5.41, 5.74) is 8.12. The number of benzene rings is 1. The van der Waals surface area contributed by atoms with E-state index in [0.29, 0.717) is 12.2 Å². The van der Waals surface area contributed by atoms with Crippen molar-refractivity contribution in [3.63, 3.8) is 0 Å². The Labute approximate surface area is 100 Å². The SMILES string of the molecule is CCC(Oc1cccc2c1CCC2N)C(=O)O. The van der Waals surface area contributed by atoms with E-state index in [2.05, 4.69) is 0 Å². The van der Waals surface area contributed by atoms with E-state index in [1.54, 1.807) is 6.92 Å². The first-order valence-corrected chi connectivity index (χ1v) is 5.90. The maximum Gasteiger partial charge on any atom is 0.344 e. The highest BCUT2D eigenvalue weighted by atomic mass is 16.5. The van der Waals surface area contributed by atoms with E-state index in [0.717, 1.165) is 24.0 Å². The number of hydrogen-bond donors (Lipinski definition) is 2. The van der Waals surface area contributed by atoms with E-state index in [4.69, 9.17) is 15.6 Å². The minimum Gasteiger partial charge on any atom is -0.479 e. The summed E-state index contributed by atoms with van der Waals surface area (Å²) in [6.45, 7) is 1.80. The minimum absolute atomic E-state index is 0.0541. The van der Waals surface area contributed by atoms with Crippen LogP contribution in [-0.2, 0) is 11.2 Å². The molecule has 4 heteroatoms. The summed E-state index contributed by atoms with van der Waals surface area (Å²) < 4.78 is 5.56. The van der Waals surface area contributed by atoms with Crippen LogP contribution in [0.4, 0.5) is 0 Å². The van der Waals surface area contributed by atoms with Crippen LogP contribution in [-0.4, -0.2) is 17.2 Å². The van der Waals surface area contributed by atoms with Gasteiger partial charge >= 0.3 is 5.97 Å². The molecule has 0 bridgehead atoms. The van der Waals surface area contributed by atoms with Gasteiger partial charge in [0.05, 0.1) is 0 Å². The van der Waals surface area contributed by atoms with Gasteiger partial charge in [-0.25, -0.2) is 4.79 Å². The molecule has 0 saturated carbocycles. The van der Waals surface area contributed by atoms with Crippen molar-refractivity contribution in [3.05, 3.63) is 29.3 Å². The molecule has 0 heterocycles. The van der Waals surface area contributed by atoms with Crippen LogP contribution >= 0.6 is 0 Å². The number of aliphatic carboxylic acids is 1. The van der Waals surface area contributed by atoms with Crippen LogP contribution in [0.3, 0.4) is 0 Å². The van der Waals surface area contributed by atoms with E-state index in [1.165, 1.54) is 0 Å². The van der Waals surface area contributed by atoms with Gasteiger partial charge in [0.15, 0.2) is 6.10 Å². The van der Waals surface area contributed by atoms with Crippen molar-refractivity contribution in [1.29, 1.82) is 0 Å². The number of carboxylic acids is 1. The number of carboxylic acid groups (broad SMARTS) is 1. The maximum absolute atomic E-state index is 10.9. The van der Waals surface area contributed by atoms with Gasteiger partial charge in [-0.3, -0.25) is 0 Å². The van der Waals surface area contributed by atoms with Crippen molar-refractivity contribution in [1.82, 2.24) is 0 Å². The molecule has 2 unspecified atom stereocenters. The molecule has 0 spiro atoms. The zero-order valence-corrected chi connectivity index (χ0v) is 9.85. The van der Waals surface area contributed by atoms with Crippen LogP contribution in [0.1, 0.15) is 36.9 Å². The van der Waals surface area contributed by atoms with Crippen LogP contribution in [0.25, 0.3) is 0 Å². The van der Waals surface area contributed by atoms with Gasteiger partial charge in [-0.15, -0.1) is 0 Å². The Hall–Kier alpha value is -1.55. The third-order valence-corrected chi connectivity index (χ3v) is 3.19. The van der Waals surface area contributed by atoms with Crippen molar-refractivity contribution < 1.29 is 14.6 Å². The van der Waals surface area contributed by atoms with E-state index in [1.807, 2.05) is 18.2 Å². The lowest BCUT2D eigenvalue weighted by atomic mass is 10.1. The highest BCUT2D eigenvalue weighted by molar-refractivity contribution is 5.72. The molecule has 4 nitrogen and oxygen atoms in total. The third-order valence-electron chi connectivity index (χ3n) is 3.19. The molecular weight excluding hydrogens is 218 g/mol. The molecule has 0 saturated heterocycles. The highest BCUT2D eigenvalue weighted by Gasteiger charge is 2.24. The van der Waals surface area contributed by atoms with Gasteiger partial charge in [-0.1, -0.05) is 19.1 Å². The summed E-state index contributed by atoms with van der Waals surface area (Å²) in [7, 11) is 0. The predicted molar refractivity (Wildman–Crippen MR) is 64.0 cm³/mol. The fourth-order valence-corrected chi connectivity index (χ4v) is 2.22. The second-order valence-electron chi connectivity index (χ2n) is 4.32. The van der Waals surface area contributed by atoms with Crippen LogP contribution < -0.4 is 10.5 Å². The van der Waals surface area contributed by atoms with E-state index in [-0.39, 0.29) is 6.04 Å². The molecule has 0 fully saturated rings. The van der Waals surface area contributed by atoms with E-state index >= 15 is 0 Å². The number of carbonyl (C=O) groups is 1. The molecule has 0 radical (unpaired) electrons. The van der Waals surface area contributed by atoms with Crippen molar-refractivity contribution in [3.8, 4) is 5.75 Å². The smallest absolute Gasteiger partial charge is 0.344 e. The van der Waals surface area contributed by atoms with Gasteiger partial charge in [0, 0.05) is 6.04 Å². The Morgan fingerprint density at radius 3 is 3.06 bits per heavy atom. The minimum atomic E-state index is -0.924. The normalized spacial score (nSPS) is 19.8. The summed E-state index contributed by atoms with van der Waals surface area (Å²) in [4.78, 5) is 10.9. The summed E-state index contributed by atoms with van der Waals surface area (Å²) >= 11 is 0. The monoisotopic (exact) mass is 235 g/mol. The highest BCUT2D eigenvalue weighted by Crippen LogP contribution is 2.36. The Kier molecular flexibility index (Phi) is 3.33. The van der Waals surface area contributed by atoms with Crippen molar-refractivity contribution in [2.24, 2.45) is 5.73 Å². The van der Waals surface area contributed by atoms with Gasteiger partial charge in [0.25, 0.3) is 0 Å². The lowest BCUT2D eigenvalue weighted by Crippen LogP contribution is -2.26. The first-order valence-electron chi connectivity index (χ1n) is 5.90. The molecule has 1 aromatic carbocycles. The topological polar surface area (TPSA) is 72.5 Å². The molecule has 3 N–H and O–H groups in total. The molecule has 0 amide bonds. The van der Waals surface area contributed by atoms with Crippen LogP contribution in [0.5, 0.6) is 5.75 Å². The molecule has 92 valence electrons. The lowest BCUT2D eigenvalue weighted by molar-refractivity contribution is -0.145. The van der Waals surface area contributed by atoms with Gasteiger partial charge < -0.3 is 15.6 Å². The van der Waals surface area contributed by atoms with Crippen LogP contribution in [0.15, 0.2) is 18.2 Å². The molecule has 1 aromatic rings. The van der Waals surface area contributed by atoms with Crippen LogP contribution in [0.2, 0.25) is 0 Å². The molecule has 0 aromatic heterocycles. The number of fused-ring (bicyclic) bond motifs is 1. The Morgan fingerprint density at radius 1 is 1.65 bits per heavy atom.